The molecular formula is C14H26N4O2. The Morgan fingerprint density at radius 1 is 1.60 bits per heavy atom. The van der Waals surface area contributed by atoms with Gasteiger partial charge in [-0.15, -0.1) is 0 Å². The van der Waals surface area contributed by atoms with Crippen LogP contribution in [0.15, 0.2) is 12.4 Å². The van der Waals surface area contributed by atoms with Gasteiger partial charge in [0, 0.05) is 19.4 Å². The van der Waals surface area contributed by atoms with E-state index in [1.165, 1.54) is 0 Å². The lowest BCUT2D eigenvalue weighted by Gasteiger charge is -2.28. The second-order valence-corrected chi connectivity index (χ2v) is 5.29. The van der Waals surface area contributed by atoms with E-state index in [0.717, 1.165) is 25.3 Å². The number of aryl methyl sites for hydroxylation is 1. The summed E-state index contributed by atoms with van der Waals surface area (Å²) in [6, 6.07) is 0. The van der Waals surface area contributed by atoms with Crippen molar-refractivity contribution in [1.29, 1.82) is 0 Å². The Balaban J connectivity index is 2.43. The maximum absolute atomic E-state index is 11.4. The van der Waals surface area contributed by atoms with E-state index in [9.17, 15) is 9.90 Å². The normalized spacial score (nSPS) is 14.4. The van der Waals surface area contributed by atoms with E-state index in [1.54, 1.807) is 13.2 Å². The van der Waals surface area contributed by atoms with E-state index < -0.39 is 11.5 Å². The first-order valence-electron chi connectivity index (χ1n) is 7.02. The molecule has 20 heavy (non-hydrogen) atoms. The number of hydrogen-bond acceptors (Lipinski definition) is 4. The quantitative estimate of drug-likeness (QED) is 0.709. The van der Waals surface area contributed by atoms with Gasteiger partial charge in [0.2, 0.25) is 0 Å². The highest BCUT2D eigenvalue weighted by Crippen LogP contribution is 2.18. The highest BCUT2D eigenvalue weighted by Gasteiger charge is 2.34. The van der Waals surface area contributed by atoms with Gasteiger partial charge in [0.1, 0.15) is 11.4 Å². The number of likely N-dealkylation sites (N-methyl/N-ethyl adjacent to an activating group) is 1. The number of imidazole rings is 1. The van der Waals surface area contributed by atoms with Crippen LogP contribution in [-0.2, 0) is 18.4 Å². The van der Waals surface area contributed by atoms with Gasteiger partial charge in [-0.25, -0.2) is 4.98 Å². The molecule has 0 amide bonds. The number of carboxylic acids is 1. The number of rotatable bonds is 9. The molecule has 0 aliphatic heterocycles. The summed E-state index contributed by atoms with van der Waals surface area (Å²) in [6.07, 6.45) is 5.76. The summed E-state index contributed by atoms with van der Waals surface area (Å²) in [5.41, 5.74) is -0.802. The van der Waals surface area contributed by atoms with Crippen LogP contribution in [0, 0.1) is 0 Å². The van der Waals surface area contributed by atoms with Crippen molar-refractivity contribution >= 4 is 5.97 Å². The van der Waals surface area contributed by atoms with Crippen molar-refractivity contribution in [3.8, 4) is 0 Å². The van der Waals surface area contributed by atoms with Crippen molar-refractivity contribution in [3.05, 3.63) is 18.2 Å². The molecule has 0 saturated carbocycles. The zero-order valence-electron chi connectivity index (χ0n) is 12.9. The molecule has 0 radical (unpaired) electrons. The number of carbonyl (C=O) groups is 1. The molecular weight excluding hydrogens is 256 g/mol. The Labute approximate surface area is 120 Å². The number of aliphatic carboxylic acids is 1. The predicted molar refractivity (Wildman–Crippen MR) is 78.5 cm³/mol. The lowest BCUT2D eigenvalue weighted by Crippen LogP contribution is -2.50. The van der Waals surface area contributed by atoms with Crippen LogP contribution in [0.5, 0.6) is 0 Å². The van der Waals surface area contributed by atoms with Crippen LogP contribution in [0.3, 0.4) is 0 Å². The molecule has 0 aromatic carbocycles. The minimum Gasteiger partial charge on any atom is -0.480 e. The predicted octanol–water partition coefficient (Wildman–Crippen LogP) is 1.08. The third kappa shape index (κ3) is 4.05. The van der Waals surface area contributed by atoms with Gasteiger partial charge in [-0.2, -0.15) is 0 Å². The van der Waals surface area contributed by atoms with Gasteiger partial charge in [0.05, 0.1) is 6.54 Å². The molecule has 0 spiro atoms. The summed E-state index contributed by atoms with van der Waals surface area (Å²) in [4.78, 5) is 17.8. The van der Waals surface area contributed by atoms with E-state index in [2.05, 4.69) is 15.2 Å². The molecule has 6 heteroatoms. The van der Waals surface area contributed by atoms with E-state index in [0.29, 0.717) is 12.8 Å². The smallest absolute Gasteiger partial charge is 0.323 e. The Bertz CT molecular complexity index is 427. The first-order chi connectivity index (χ1) is 9.45. The zero-order valence-corrected chi connectivity index (χ0v) is 12.9. The Morgan fingerprint density at radius 2 is 2.30 bits per heavy atom. The van der Waals surface area contributed by atoms with Gasteiger partial charge in [0.15, 0.2) is 0 Å². The fraction of sp³-hybridized carbons (Fsp3) is 0.714. The van der Waals surface area contributed by atoms with E-state index in [-0.39, 0.29) is 0 Å². The molecule has 1 aromatic heterocycles. The van der Waals surface area contributed by atoms with Gasteiger partial charge in [0.25, 0.3) is 0 Å². The molecule has 114 valence electrons. The molecule has 0 bridgehead atoms. The van der Waals surface area contributed by atoms with E-state index >= 15 is 0 Å². The third-order valence-corrected chi connectivity index (χ3v) is 3.97. The van der Waals surface area contributed by atoms with E-state index in [1.807, 2.05) is 31.8 Å². The molecule has 1 aromatic rings. The van der Waals surface area contributed by atoms with Crippen LogP contribution >= 0.6 is 0 Å². The number of nitrogens with one attached hydrogen (secondary N) is 1. The number of hydrogen-bond donors (Lipinski definition) is 2. The van der Waals surface area contributed by atoms with Crippen LogP contribution in [0.1, 0.15) is 32.0 Å². The summed E-state index contributed by atoms with van der Waals surface area (Å²) in [7, 11) is 5.72. The topological polar surface area (TPSA) is 70.4 Å². The van der Waals surface area contributed by atoms with Crippen LogP contribution in [0.25, 0.3) is 0 Å². The summed E-state index contributed by atoms with van der Waals surface area (Å²) < 4.78 is 2.00. The van der Waals surface area contributed by atoms with Crippen LogP contribution in [-0.4, -0.2) is 51.7 Å². The molecule has 0 saturated heterocycles. The third-order valence-electron chi connectivity index (χ3n) is 3.97. The van der Waals surface area contributed by atoms with Crippen molar-refractivity contribution < 1.29 is 9.90 Å². The standard InChI is InChI=1S/C14H26N4O2/c1-5-14(15-2,13(19)20)7-6-9-17(3)11-12-16-8-10-18(12)4/h8,10,15H,5-7,9,11H2,1-4H3,(H,19,20). The second kappa shape index (κ2) is 7.40. The van der Waals surface area contributed by atoms with Crippen molar-refractivity contribution in [2.24, 2.45) is 7.05 Å². The van der Waals surface area contributed by atoms with Gasteiger partial charge >= 0.3 is 5.97 Å². The van der Waals surface area contributed by atoms with Gasteiger partial charge in [-0.1, -0.05) is 6.92 Å². The van der Waals surface area contributed by atoms with Crippen molar-refractivity contribution in [1.82, 2.24) is 19.8 Å². The fourth-order valence-electron chi connectivity index (χ4n) is 2.36. The number of aromatic nitrogens is 2. The van der Waals surface area contributed by atoms with Gasteiger partial charge in [-0.3, -0.25) is 9.69 Å². The minimum atomic E-state index is -0.802. The Morgan fingerprint density at radius 3 is 2.75 bits per heavy atom. The van der Waals surface area contributed by atoms with Crippen LogP contribution in [0.4, 0.5) is 0 Å². The maximum atomic E-state index is 11.4. The van der Waals surface area contributed by atoms with Crippen LogP contribution < -0.4 is 5.32 Å². The van der Waals surface area contributed by atoms with Crippen molar-refractivity contribution in [2.75, 3.05) is 20.6 Å². The molecule has 0 aliphatic rings. The molecule has 0 aliphatic carbocycles. The van der Waals surface area contributed by atoms with Crippen molar-refractivity contribution in [3.63, 3.8) is 0 Å². The molecule has 1 unspecified atom stereocenters. The zero-order chi connectivity index (χ0) is 15.2. The summed E-state index contributed by atoms with van der Waals surface area (Å²) in [5.74, 6) is 0.246. The SMILES string of the molecule is CCC(CCCN(C)Cc1nccn1C)(NC)C(=O)O. The first kappa shape index (κ1) is 16.7. The number of carboxylic acid groups (broad SMARTS) is 1. The van der Waals surface area contributed by atoms with Gasteiger partial charge in [-0.05, 0) is 39.9 Å². The highest BCUT2D eigenvalue weighted by molar-refractivity contribution is 5.78. The molecule has 0 fully saturated rings. The van der Waals surface area contributed by atoms with Crippen LogP contribution in [0.2, 0.25) is 0 Å². The molecule has 1 rings (SSSR count). The summed E-state index contributed by atoms with van der Waals surface area (Å²) >= 11 is 0. The van der Waals surface area contributed by atoms with Gasteiger partial charge < -0.3 is 15.0 Å². The lowest BCUT2D eigenvalue weighted by molar-refractivity contribution is -0.145. The lowest BCUT2D eigenvalue weighted by atomic mass is 9.90. The van der Waals surface area contributed by atoms with E-state index in [4.69, 9.17) is 0 Å². The molecule has 2 N–H and O–H groups in total. The van der Waals surface area contributed by atoms with Crippen molar-refractivity contribution in [2.45, 2.75) is 38.3 Å². The average molecular weight is 282 g/mol. The monoisotopic (exact) mass is 282 g/mol. The largest absolute Gasteiger partial charge is 0.480 e. The summed E-state index contributed by atoms with van der Waals surface area (Å²) in [6.45, 7) is 3.53. The minimum absolute atomic E-state index is 0.585. The highest BCUT2D eigenvalue weighted by atomic mass is 16.4. The molecule has 1 atom stereocenters. The Hall–Kier alpha value is -1.40. The fourth-order valence-corrected chi connectivity index (χ4v) is 2.36. The number of nitrogens with zero attached hydrogens (tertiary/aromatic N) is 3. The Kier molecular flexibility index (Phi) is 6.16. The molecule has 1 heterocycles. The average Bonchev–Trinajstić information content (AvgIpc) is 2.80. The maximum Gasteiger partial charge on any atom is 0.323 e. The first-order valence-corrected chi connectivity index (χ1v) is 7.02. The second-order valence-electron chi connectivity index (χ2n) is 5.29. The molecule has 6 nitrogen and oxygen atoms in total. The summed E-state index contributed by atoms with van der Waals surface area (Å²) in [5, 5.41) is 12.3.